The van der Waals surface area contributed by atoms with Crippen LogP contribution in [-0.4, -0.2) is 29.1 Å². The van der Waals surface area contributed by atoms with Crippen molar-refractivity contribution in [3.63, 3.8) is 0 Å². The second-order valence-electron chi connectivity index (χ2n) is 6.73. The van der Waals surface area contributed by atoms with Gasteiger partial charge in [0.2, 0.25) is 0 Å². The van der Waals surface area contributed by atoms with Gasteiger partial charge in [0.1, 0.15) is 29.1 Å². The lowest BCUT2D eigenvalue weighted by Crippen LogP contribution is -2.39. The van der Waals surface area contributed by atoms with Gasteiger partial charge in [-0.15, -0.1) is 0 Å². The Morgan fingerprint density at radius 1 is 1.16 bits per heavy atom. The minimum atomic E-state index is -0.450. The summed E-state index contributed by atoms with van der Waals surface area (Å²) in [5.41, 5.74) is 0.831. The van der Waals surface area contributed by atoms with Gasteiger partial charge in [0.05, 0.1) is 5.69 Å². The average Bonchev–Trinajstić information content (AvgIpc) is 3.48. The minimum Gasteiger partial charge on any atom is -0.370 e. The zero-order chi connectivity index (χ0) is 17.2. The van der Waals surface area contributed by atoms with Crippen molar-refractivity contribution in [3.8, 4) is 6.07 Å². The molecular formula is C19H20FN5. The number of hydrogen-bond acceptors (Lipinski definition) is 5. The number of rotatable bonds is 4. The van der Waals surface area contributed by atoms with Crippen molar-refractivity contribution in [1.29, 1.82) is 5.26 Å². The molecule has 0 bridgehead atoms. The van der Waals surface area contributed by atoms with Crippen LogP contribution in [0.4, 0.5) is 15.9 Å². The van der Waals surface area contributed by atoms with E-state index in [1.165, 1.54) is 18.9 Å². The van der Waals surface area contributed by atoms with Crippen molar-refractivity contribution in [1.82, 2.24) is 9.97 Å². The molecule has 25 heavy (non-hydrogen) atoms. The second kappa shape index (κ2) is 6.67. The molecule has 2 aromatic rings. The number of halogens is 1. The largest absolute Gasteiger partial charge is 0.370 e. The van der Waals surface area contributed by atoms with Gasteiger partial charge in [0.25, 0.3) is 0 Å². The lowest BCUT2D eigenvalue weighted by molar-refractivity contribution is 0.523. The van der Waals surface area contributed by atoms with Crippen molar-refractivity contribution in [2.45, 2.75) is 37.6 Å². The van der Waals surface area contributed by atoms with E-state index in [2.05, 4.69) is 20.2 Å². The van der Waals surface area contributed by atoms with E-state index in [1.807, 2.05) is 24.4 Å². The fraction of sp³-hybridized carbons (Fsp3) is 0.421. The van der Waals surface area contributed by atoms with E-state index in [-0.39, 0.29) is 5.56 Å². The van der Waals surface area contributed by atoms with Crippen molar-refractivity contribution in [3.05, 3.63) is 47.7 Å². The Balaban J connectivity index is 1.40. The number of nitrogens with one attached hydrogen (secondary N) is 1. The van der Waals surface area contributed by atoms with Crippen LogP contribution in [0.3, 0.4) is 0 Å². The van der Waals surface area contributed by atoms with Crippen LogP contribution < -0.4 is 10.2 Å². The van der Waals surface area contributed by atoms with E-state index in [1.54, 1.807) is 6.07 Å². The Labute approximate surface area is 146 Å². The molecule has 0 unspecified atom stereocenters. The van der Waals surface area contributed by atoms with Crippen LogP contribution in [0.1, 0.15) is 43.0 Å². The summed E-state index contributed by atoms with van der Waals surface area (Å²) >= 11 is 0. The van der Waals surface area contributed by atoms with Crippen LogP contribution >= 0.6 is 0 Å². The molecule has 1 saturated carbocycles. The third-order valence-electron chi connectivity index (χ3n) is 4.91. The summed E-state index contributed by atoms with van der Waals surface area (Å²) in [6.07, 6.45) is 6.05. The molecule has 128 valence electrons. The van der Waals surface area contributed by atoms with Crippen LogP contribution in [0.5, 0.6) is 0 Å². The molecule has 1 aromatic carbocycles. The van der Waals surface area contributed by atoms with Gasteiger partial charge < -0.3 is 10.2 Å². The molecule has 0 radical (unpaired) electrons. The summed E-state index contributed by atoms with van der Waals surface area (Å²) < 4.78 is 13.8. The maximum atomic E-state index is 13.8. The fourth-order valence-corrected chi connectivity index (χ4v) is 3.35. The summed E-state index contributed by atoms with van der Waals surface area (Å²) in [6.45, 7) is 1.58. The highest BCUT2D eigenvalue weighted by molar-refractivity contribution is 5.60. The first kappa shape index (κ1) is 15.8. The van der Waals surface area contributed by atoms with Crippen molar-refractivity contribution >= 4 is 11.5 Å². The van der Waals surface area contributed by atoms with Gasteiger partial charge in [-0.05, 0) is 43.9 Å². The van der Waals surface area contributed by atoms with Crippen LogP contribution in [0.25, 0.3) is 0 Å². The second-order valence-corrected chi connectivity index (χ2v) is 6.73. The van der Waals surface area contributed by atoms with Crippen LogP contribution in [0, 0.1) is 17.1 Å². The fourth-order valence-electron chi connectivity index (χ4n) is 3.35. The maximum absolute atomic E-state index is 13.8. The van der Waals surface area contributed by atoms with Crippen LogP contribution in [0.15, 0.2) is 30.5 Å². The van der Waals surface area contributed by atoms with Gasteiger partial charge in [-0.1, -0.05) is 6.07 Å². The summed E-state index contributed by atoms with van der Waals surface area (Å²) in [6, 6.07) is 9.05. The molecule has 0 amide bonds. The highest BCUT2D eigenvalue weighted by Crippen LogP contribution is 2.38. The number of anilines is 2. The Morgan fingerprint density at radius 3 is 2.68 bits per heavy atom. The standard InChI is InChI=1S/C19H20FN5/c20-16-2-1-3-17(15(16)12-21)25-10-7-14(8-11-25)23-18-6-9-22-19(24-18)13-4-5-13/h1-3,6,9,13-14H,4-5,7-8,10-11H2,(H,22,23,24). The molecule has 2 heterocycles. The van der Waals surface area contributed by atoms with Crippen molar-refractivity contribution in [2.75, 3.05) is 23.3 Å². The molecule has 4 rings (SSSR count). The summed E-state index contributed by atoms with van der Waals surface area (Å²) in [5.74, 6) is 1.93. The molecule has 2 aliphatic rings. The number of nitriles is 1. The first-order valence-corrected chi connectivity index (χ1v) is 8.77. The normalized spacial score (nSPS) is 18.0. The molecule has 2 fully saturated rings. The first-order valence-electron chi connectivity index (χ1n) is 8.77. The predicted octanol–water partition coefficient (Wildman–Crippen LogP) is 3.45. The number of nitrogens with zero attached hydrogens (tertiary/aromatic N) is 4. The third-order valence-corrected chi connectivity index (χ3v) is 4.91. The zero-order valence-electron chi connectivity index (χ0n) is 14.0. The molecule has 1 aliphatic carbocycles. The van der Waals surface area contributed by atoms with Gasteiger partial charge in [0, 0.05) is 31.2 Å². The van der Waals surface area contributed by atoms with E-state index in [0.717, 1.165) is 37.6 Å². The SMILES string of the molecule is N#Cc1c(F)cccc1N1CCC(Nc2ccnc(C3CC3)n2)CC1. The quantitative estimate of drug-likeness (QED) is 0.926. The molecule has 1 saturated heterocycles. The van der Waals surface area contributed by atoms with Crippen molar-refractivity contribution in [2.24, 2.45) is 0 Å². The number of piperidine rings is 1. The van der Waals surface area contributed by atoms with Gasteiger partial charge in [-0.3, -0.25) is 0 Å². The predicted molar refractivity (Wildman–Crippen MR) is 94.0 cm³/mol. The average molecular weight is 337 g/mol. The molecule has 5 nitrogen and oxygen atoms in total. The molecule has 1 N–H and O–H groups in total. The molecule has 1 aromatic heterocycles. The zero-order valence-corrected chi connectivity index (χ0v) is 14.0. The number of aromatic nitrogens is 2. The van der Waals surface area contributed by atoms with Crippen LogP contribution in [0.2, 0.25) is 0 Å². The topological polar surface area (TPSA) is 64.8 Å². The van der Waals surface area contributed by atoms with Crippen molar-refractivity contribution < 1.29 is 4.39 Å². The highest BCUT2D eigenvalue weighted by atomic mass is 19.1. The molecule has 6 heteroatoms. The smallest absolute Gasteiger partial charge is 0.143 e. The monoisotopic (exact) mass is 337 g/mol. The van der Waals surface area contributed by atoms with Gasteiger partial charge in [-0.25, -0.2) is 14.4 Å². The Kier molecular flexibility index (Phi) is 4.22. The van der Waals surface area contributed by atoms with E-state index in [0.29, 0.717) is 17.6 Å². The highest BCUT2D eigenvalue weighted by Gasteiger charge is 2.27. The van der Waals surface area contributed by atoms with Gasteiger partial charge in [0.15, 0.2) is 0 Å². The Morgan fingerprint density at radius 2 is 1.96 bits per heavy atom. The lowest BCUT2D eigenvalue weighted by atomic mass is 10.0. The summed E-state index contributed by atoms with van der Waals surface area (Å²) in [5, 5.41) is 12.7. The first-order chi connectivity index (χ1) is 12.2. The minimum absolute atomic E-state index is 0.138. The van der Waals surface area contributed by atoms with Gasteiger partial charge in [-0.2, -0.15) is 5.26 Å². The Hall–Kier alpha value is -2.68. The molecule has 0 atom stereocenters. The van der Waals surface area contributed by atoms with E-state index >= 15 is 0 Å². The van der Waals surface area contributed by atoms with Crippen LogP contribution in [-0.2, 0) is 0 Å². The molecular weight excluding hydrogens is 317 g/mol. The van der Waals surface area contributed by atoms with E-state index < -0.39 is 5.82 Å². The maximum Gasteiger partial charge on any atom is 0.143 e. The van der Waals surface area contributed by atoms with E-state index in [9.17, 15) is 9.65 Å². The van der Waals surface area contributed by atoms with E-state index in [4.69, 9.17) is 0 Å². The lowest BCUT2D eigenvalue weighted by Gasteiger charge is -2.34. The number of hydrogen-bond donors (Lipinski definition) is 1. The Bertz CT molecular complexity index is 804. The van der Waals surface area contributed by atoms with Gasteiger partial charge >= 0.3 is 0 Å². The molecule has 0 spiro atoms. The third kappa shape index (κ3) is 3.41. The summed E-state index contributed by atoms with van der Waals surface area (Å²) in [7, 11) is 0. The number of benzene rings is 1. The summed E-state index contributed by atoms with van der Waals surface area (Å²) in [4.78, 5) is 11.1. The molecule has 1 aliphatic heterocycles.